The molecule has 1 rings (SSSR count). The van der Waals surface area contributed by atoms with Gasteiger partial charge in [0.05, 0.1) is 0 Å². The Morgan fingerprint density at radius 1 is 1.17 bits per heavy atom. The van der Waals surface area contributed by atoms with Gasteiger partial charge in [0.2, 0.25) is 0 Å². The number of nitrogens with zero attached hydrogens (tertiary/aromatic N) is 1. The molecule has 0 bridgehead atoms. The lowest BCUT2D eigenvalue weighted by molar-refractivity contribution is -0.118. The first-order valence-corrected chi connectivity index (χ1v) is 6.65. The van der Waals surface area contributed by atoms with E-state index in [1.54, 1.807) is 6.92 Å². The maximum absolute atomic E-state index is 11.3. The van der Waals surface area contributed by atoms with E-state index in [2.05, 4.69) is 43.0 Å². The maximum Gasteiger partial charge on any atom is 0.131 e. The highest BCUT2D eigenvalue weighted by atomic mass is 16.1. The largest absolute Gasteiger partial charge is 0.302 e. The van der Waals surface area contributed by atoms with Gasteiger partial charge >= 0.3 is 0 Å². The first-order valence-electron chi connectivity index (χ1n) is 6.65. The van der Waals surface area contributed by atoms with E-state index in [4.69, 9.17) is 0 Å². The molecule has 0 fully saturated rings. The van der Waals surface area contributed by atoms with Crippen LogP contribution < -0.4 is 0 Å². The molecular weight excluding hydrogens is 222 g/mol. The van der Waals surface area contributed by atoms with Crippen LogP contribution in [0.4, 0.5) is 0 Å². The molecule has 1 aromatic rings. The summed E-state index contributed by atoms with van der Waals surface area (Å²) >= 11 is 0. The number of benzene rings is 1. The zero-order chi connectivity index (χ0) is 13.7. The summed E-state index contributed by atoms with van der Waals surface area (Å²) in [5.41, 5.74) is 2.59. The minimum absolute atomic E-state index is 0.190. The summed E-state index contributed by atoms with van der Waals surface area (Å²) in [5, 5.41) is 0. The van der Waals surface area contributed by atoms with E-state index >= 15 is 0 Å². The minimum atomic E-state index is 0.190. The standard InChI is InChI=1S/C16H25NO/c1-12(2)10-14-6-8-15(9-7-14)16(17(4)5)11-13(3)18/h6-9,12,16H,10-11H2,1-5H3. The monoisotopic (exact) mass is 247 g/mol. The number of ketones is 1. The van der Waals surface area contributed by atoms with Crippen LogP contribution in [0.15, 0.2) is 24.3 Å². The summed E-state index contributed by atoms with van der Waals surface area (Å²) in [5.74, 6) is 0.915. The van der Waals surface area contributed by atoms with E-state index in [1.165, 1.54) is 11.1 Å². The Labute approximate surface area is 111 Å². The van der Waals surface area contributed by atoms with Crippen LogP contribution in [0.2, 0.25) is 0 Å². The van der Waals surface area contributed by atoms with Gasteiger partial charge in [0, 0.05) is 12.5 Å². The summed E-state index contributed by atoms with van der Waals surface area (Å²) in [7, 11) is 4.05. The fraction of sp³-hybridized carbons (Fsp3) is 0.562. The van der Waals surface area contributed by atoms with Gasteiger partial charge in [0.1, 0.15) is 5.78 Å². The predicted molar refractivity (Wildman–Crippen MR) is 76.7 cm³/mol. The molecule has 0 saturated carbocycles. The van der Waals surface area contributed by atoms with Crippen molar-refractivity contribution in [2.45, 2.75) is 39.7 Å². The lowest BCUT2D eigenvalue weighted by atomic mass is 9.97. The Balaban J connectivity index is 2.83. The topological polar surface area (TPSA) is 20.3 Å². The van der Waals surface area contributed by atoms with E-state index in [0.717, 1.165) is 6.42 Å². The summed E-state index contributed by atoms with van der Waals surface area (Å²) in [4.78, 5) is 13.4. The van der Waals surface area contributed by atoms with Gasteiger partial charge in [-0.2, -0.15) is 0 Å². The molecule has 1 unspecified atom stereocenters. The number of carbonyl (C=O) groups is 1. The van der Waals surface area contributed by atoms with Crippen molar-refractivity contribution in [1.82, 2.24) is 4.90 Å². The second-order valence-corrected chi connectivity index (χ2v) is 5.73. The van der Waals surface area contributed by atoms with E-state index in [1.807, 2.05) is 14.1 Å². The molecule has 0 amide bonds. The van der Waals surface area contributed by atoms with Crippen molar-refractivity contribution in [3.63, 3.8) is 0 Å². The zero-order valence-electron chi connectivity index (χ0n) is 12.2. The number of hydrogen-bond acceptors (Lipinski definition) is 2. The summed E-state index contributed by atoms with van der Waals surface area (Å²) in [6.45, 7) is 6.11. The van der Waals surface area contributed by atoms with Gasteiger partial charge in [-0.15, -0.1) is 0 Å². The molecule has 100 valence electrons. The van der Waals surface area contributed by atoms with Crippen LogP contribution in [0.3, 0.4) is 0 Å². The normalized spacial score (nSPS) is 13.1. The quantitative estimate of drug-likeness (QED) is 0.767. The minimum Gasteiger partial charge on any atom is -0.302 e. The Morgan fingerprint density at radius 2 is 1.72 bits per heavy atom. The van der Waals surface area contributed by atoms with Crippen molar-refractivity contribution in [2.24, 2.45) is 5.92 Å². The second-order valence-electron chi connectivity index (χ2n) is 5.73. The van der Waals surface area contributed by atoms with E-state index in [0.29, 0.717) is 12.3 Å². The average Bonchev–Trinajstić information content (AvgIpc) is 2.26. The van der Waals surface area contributed by atoms with Crippen LogP contribution in [0, 0.1) is 5.92 Å². The van der Waals surface area contributed by atoms with Crippen LogP contribution in [-0.4, -0.2) is 24.8 Å². The first kappa shape index (κ1) is 14.9. The molecule has 1 aromatic carbocycles. The van der Waals surface area contributed by atoms with Gasteiger partial charge in [-0.05, 0) is 44.5 Å². The van der Waals surface area contributed by atoms with Crippen LogP contribution in [0.25, 0.3) is 0 Å². The number of hydrogen-bond donors (Lipinski definition) is 0. The second kappa shape index (κ2) is 6.69. The molecule has 0 saturated heterocycles. The highest BCUT2D eigenvalue weighted by Crippen LogP contribution is 2.23. The Kier molecular flexibility index (Phi) is 5.54. The molecule has 0 N–H and O–H groups in total. The van der Waals surface area contributed by atoms with Gasteiger partial charge in [0.25, 0.3) is 0 Å². The van der Waals surface area contributed by atoms with Gasteiger partial charge in [-0.3, -0.25) is 4.79 Å². The van der Waals surface area contributed by atoms with E-state index in [-0.39, 0.29) is 11.8 Å². The fourth-order valence-electron chi connectivity index (χ4n) is 2.22. The van der Waals surface area contributed by atoms with Gasteiger partial charge < -0.3 is 4.90 Å². The van der Waals surface area contributed by atoms with Crippen molar-refractivity contribution in [3.05, 3.63) is 35.4 Å². The lowest BCUT2D eigenvalue weighted by Gasteiger charge is -2.24. The van der Waals surface area contributed by atoms with Gasteiger partial charge in [0.15, 0.2) is 0 Å². The molecule has 0 heterocycles. The molecule has 2 nitrogen and oxygen atoms in total. The Bertz CT molecular complexity index is 379. The third-order valence-electron chi connectivity index (χ3n) is 3.11. The van der Waals surface area contributed by atoms with Crippen LogP contribution >= 0.6 is 0 Å². The summed E-state index contributed by atoms with van der Waals surface area (Å²) in [6, 6.07) is 8.88. The maximum atomic E-state index is 11.3. The molecule has 2 heteroatoms. The molecule has 0 spiro atoms. The predicted octanol–water partition coefficient (Wildman–Crippen LogP) is 3.47. The van der Waals surface area contributed by atoms with E-state index in [9.17, 15) is 4.79 Å². The summed E-state index contributed by atoms with van der Waals surface area (Å²) < 4.78 is 0. The van der Waals surface area contributed by atoms with Crippen molar-refractivity contribution >= 4 is 5.78 Å². The average molecular weight is 247 g/mol. The number of Topliss-reactive ketones (excluding diaryl/α,β-unsaturated/α-hetero) is 1. The molecule has 18 heavy (non-hydrogen) atoms. The van der Waals surface area contributed by atoms with Crippen LogP contribution in [0.1, 0.15) is 44.4 Å². The lowest BCUT2D eigenvalue weighted by Crippen LogP contribution is -2.22. The SMILES string of the molecule is CC(=O)CC(c1ccc(CC(C)C)cc1)N(C)C. The van der Waals surface area contributed by atoms with Crippen molar-refractivity contribution in [3.8, 4) is 0 Å². The van der Waals surface area contributed by atoms with Crippen molar-refractivity contribution < 1.29 is 4.79 Å². The molecule has 0 radical (unpaired) electrons. The molecule has 0 aliphatic heterocycles. The summed E-state index contributed by atoms with van der Waals surface area (Å²) in [6.07, 6.45) is 1.69. The molecular formula is C16H25NO. The van der Waals surface area contributed by atoms with Gasteiger partial charge in [-0.1, -0.05) is 38.1 Å². The van der Waals surface area contributed by atoms with Crippen LogP contribution in [-0.2, 0) is 11.2 Å². The smallest absolute Gasteiger partial charge is 0.131 e. The van der Waals surface area contributed by atoms with Gasteiger partial charge in [-0.25, -0.2) is 0 Å². The van der Waals surface area contributed by atoms with Crippen molar-refractivity contribution in [1.29, 1.82) is 0 Å². The molecule has 0 aliphatic rings. The van der Waals surface area contributed by atoms with Crippen LogP contribution in [0.5, 0.6) is 0 Å². The fourth-order valence-corrected chi connectivity index (χ4v) is 2.22. The zero-order valence-corrected chi connectivity index (χ0v) is 12.2. The molecule has 1 atom stereocenters. The Morgan fingerprint density at radius 3 is 2.11 bits per heavy atom. The number of carbonyl (C=O) groups excluding carboxylic acids is 1. The third kappa shape index (κ3) is 4.61. The third-order valence-corrected chi connectivity index (χ3v) is 3.11. The first-order chi connectivity index (χ1) is 8.40. The molecule has 0 aromatic heterocycles. The highest BCUT2D eigenvalue weighted by molar-refractivity contribution is 5.76. The number of rotatable bonds is 6. The van der Waals surface area contributed by atoms with E-state index < -0.39 is 0 Å². The Hall–Kier alpha value is -1.15. The highest BCUT2D eigenvalue weighted by Gasteiger charge is 2.15. The van der Waals surface area contributed by atoms with Crippen molar-refractivity contribution in [2.75, 3.05) is 14.1 Å². The molecule has 0 aliphatic carbocycles.